The van der Waals surface area contributed by atoms with Crippen molar-refractivity contribution in [2.24, 2.45) is 0 Å². The zero-order valence-corrected chi connectivity index (χ0v) is 14.8. The first-order valence-electron chi connectivity index (χ1n) is 7.48. The fourth-order valence-corrected chi connectivity index (χ4v) is 2.71. The SMILES string of the molecule is O=C(O)CNc1nc(Nc2cc(Cl)cc(Cl)c2)cc(-c2cccnc2)n1. The Hall–Kier alpha value is -2.90. The van der Waals surface area contributed by atoms with Crippen molar-refractivity contribution < 1.29 is 9.90 Å². The third-order valence-corrected chi connectivity index (χ3v) is 3.65. The highest BCUT2D eigenvalue weighted by Gasteiger charge is 2.09. The summed E-state index contributed by atoms with van der Waals surface area (Å²) in [6.45, 7) is -0.307. The molecule has 0 saturated heterocycles. The van der Waals surface area contributed by atoms with Gasteiger partial charge in [-0.2, -0.15) is 4.98 Å². The molecular weight excluding hydrogens is 377 g/mol. The fraction of sp³-hybridized carbons (Fsp3) is 0.0588. The fourth-order valence-electron chi connectivity index (χ4n) is 2.18. The van der Waals surface area contributed by atoms with Crippen LogP contribution in [-0.2, 0) is 4.79 Å². The van der Waals surface area contributed by atoms with E-state index in [1.807, 2.05) is 6.07 Å². The van der Waals surface area contributed by atoms with Gasteiger partial charge in [-0.3, -0.25) is 9.78 Å². The van der Waals surface area contributed by atoms with Gasteiger partial charge < -0.3 is 15.7 Å². The minimum absolute atomic E-state index is 0.171. The van der Waals surface area contributed by atoms with Crippen LogP contribution in [0.5, 0.6) is 0 Å². The third-order valence-electron chi connectivity index (χ3n) is 3.22. The van der Waals surface area contributed by atoms with Crippen molar-refractivity contribution in [3.05, 3.63) is 58.8 Å². The van der Waals surface area contributed by atoms with E-state index in [0.717, 1.165) is 5.56 Å². The Balaban J connectivity index is 1.97. The molecule has 132 valence electrons. The Morgan fingerprint density at radius 1 is 1.12 bits per heavy atom. The predicted octanol–water partition coefficient (Wildman–Crippen LogP) is 4.09. The van der Waals surface area contributed by atoms with Crippen molar-refractivity contribution in [2.45, 2.75) is 0 Å². The largest absolute Gasteiger partial charge is 0.480 e. The normalized spacial score (nSPS) is 10.4. The third kappa shape index (κ3) is 4.81. The lowest BCUT2D eigenvalue weighted by molar-refractivity contribution is -0.134. The van der Waals surface area contributed by atoms with Crippen molar-refractivity contribution in [3.8, 4) is 11.3 Å². The molecule has 0 aliphatic heterocycles. The molecule has 0 aliphatic carbocycles. The van der Waals surface area contributed by atoms with Crippen molar-refractivity contribution in [1.82, 2.24) is 15.0 Å². The molecule has 2 aromatic heterocycles. The molecule has 0 radical (unpaired) electrons. The minimum Gasteiger partial charge on any atom is -0.480 e. The lowest BCUT2D eigenvalue weighted by atomic mass is 10.2. The maximum absolute atomic E-state index is 10.8. The first kappa shape index (κ1) is 17.9. The predicted molar refractivity (Wildman–Crippen MR) is 101 cm³/mol. The number of nitrogens with zero attached hydrogens (tertiary/aromatic N) is 3. The molecule has 3 N–H and O–H groups in total. The van der Waals surface area contributed by atoms with Crippen LogP contribution < -0.4 is 10.6 Å². The molecule has 3 rings (SSSR count). The van der Waals surface area contributed by atoms with E-state index in [4.69, 9.17) is 28.3 Å². The van der Waals surface area contributed by atoms with E-state index in [1.165, 1.54) is 0 Å². The Morgan fingerprint density at radius 3 is 2.54 bits per heavy atom. The average molecular weight is 390 g/mol. The Labute approximate surface area is 159 Å². The number of pyridine rings is 1. The molecule has 26 heavy (non-hydrogen) atoms. The summed E-state index contributed by atoms with van der Waals surface area (Å²) in [5.74, 6) is -0.397. The Bertz CT molecular complexity index is 917. The highest BCUT2D eigenvalue weighted by atomic mass is 35.5. The molecule has 0 bridgehead atoms. The molecule has 2 heterocycles. The number of nitrogens with one attached hydrogen (secondary N) is 2. The van der Waals surface area contributed by atoms with Crippen LogP contribution in [0.2, 0.25) is 10.0 Å². The van der Waals surface area contributed by atoms with Gasteiger partial charge in [0.2, 0.25) is 5.95 Å². The van der Waals surface area contributed by atoms with Crippen LogP contribution in [0.25, 0.3) is 11.3 Å². The number of anilines is 3. The van der Waals surface area contributed by atoms with Crippen molar-refractivity contribution in [2.75, 3.05) is 17.2 Å². The van der Waals surface area contributed by atoms with Crippen molar-refractivity contribution >= 4 is 46.6 Å². The second-order valence-corrected chi connectivity index (χ2v) is 6.11. The van der Waals surface area contributed by atoms with E-state index in [2.05, 4.69) is 25.6 Å². The van der Waals surface area contributed by atoms with Gasteiger partial charge in [0.25, 0.3) is 0 Å². The molecule has 0 unspecified atom stereocenters. The van der Waals surface area contributed by atoms with Gasteiger partial charge in [0, 0.05) is 39.8 Å². The lowest BCUT2D eigenvalue weighted by Gasteiger charge is -2.11. The van der Waals surface area contributed by atoms with Gasteiger partial charge in [-0.15, -0.1) is 0 Å². The summed E-state index contributed by atoms with van der Waals surface area (Å²) in [4.78, 5) is 23.5. The van der Waals surface area contributed by atoms with Gasteiger partial charge in [0.1, 0.15) is 12.4 Å². The first-order chi connectivity index (χ1) is 12.5. The van der Waals surface area contributed by atoms with Gasteiger partial charge in [0.05, 0.1) is 5.69 Å². The average Bonchev–Trinajstić information content (AvgIpc) is 2.59. The summed E-state index contributed by atoms with van der Waals surface area (Å²) in [7, 11) is 0. The highest BCUT2D eigenvalue weighted by molar-refractivity contribution is 6.35. The van der Waals surface area contributed by atoms with Crippen LogP contribution in [0.3, 0.4) is 0 Å². The van der Waals surface area contributed by atoms with E-state index in [1.54, 1.807) is 42.7 Å². The lowest BCUT2D eigenvalue weighted by Crippen LogP contribution is -2.15. The van der Waals surface area contributed by atoms with Crippen molar-refractivity contribution in [3.63, 3.8) is 0 Å². The summed E-state index contributed by atoms with van der Waals surface area (Å²) in [5.41, 5.74) is 1.99. The number of carbonyl (C=O) groups is 1. The molecule has 0 fully saturated rings. The summed E-state index contributed by atoms with van der Waals surface area (Å²) < 4.78 is 0. The molecular formula is C17H13Cl2N5O2. The van der Waals surface area contributed by atoms with Gasteiger partial charge in [-0.1, -0.05) is 23.2 Å². The monoisotopic (exact) mass is 389 g/mol. The zero-order chi connectivity index (χ0) is 18.5. The number of hydrogen-bond donors (Lipinski definition) is 3. The smallest absolute Gasteiger partial charge is 0.322 e. The summed E-state index contributed by atoms with van der Waals surface area (Å²) >= 11 is 12.0. The van der Waals surface area contributed by atoms with Crippen molar-refractivity contribution in [1.29, 1.82) is 0 Å². The maximum atomic E-state index is 10.8. The van der Waals surface area contributed by atoms with Crippen LogP contribution in [0.4, 0.5) is 17.5 Å². The number of rotatable bonds is 6. The Kier molecular flexibility index (Phi) is 5.50. The van der Waals surface area contributed by atoms with Gasteiger partial charge in [-0.25, -0.2) is 4.98 Å². The summed E-state index contributed by atoms with van der Waals surface area (Å²) in [5, 5.41) is 15.6. The van der Waals surface area contributed by atoms with E-state index < -0.39 is 5.97 Å². The van der Waals surface area contributed by atoms with Crippen LogP contribution in [0.1, 0.15) is 0 Å². The summed E-state index contributed by atoms with van der Waals surface area (Å²) in [6, 6.07) is 10.4. The number of carboxylic acid groups (broad SMARTS) is 1. The quantitative estimate of drug-likeness (QED) is 0.583. The highest BCUT2D eigenvalue weighted by Crippen LogP contribution is 2.27. The van der Waals surface area contributed by atoms with Gasteiger partial charge in [0.15, 0.2) is 0 Å². The topological polar surface area (TPSA) is 100 Å². The first-order valence-corrected chi connectivity index (χ1v) is 8.23. The van der Waals surface area contributed by atoms with Crippen LogP contribution in [0, 0.1) is 0 Å². The molecule has 0 atom stereocenters. The molecule has 1 aromatic carbocycles. The van der Waals surface area contributed by atoms with E-state index in [9.17, 15) is 4.79 Å². The number of aliphatic carboxylic acids is 1. The molecule has 0 saturated carbocycles. The van der Waals surface area contributed by atoms with Crippen LogP contribution in [-0.4, -0.2) is 32.6 Å². The second kappa shape index (κ2) is 7.99. The van der Waals surface area contributed by atoms with Gasteiger partial charge in [-0.05, 0) is 30.3 Å². The number of halogens is 2. The molecule has 7 nitrogen and oxygen atoms in total. The standard InChI is InChI=1S/C17H13Cl2N5O2/c18-11-4-12(19)6-13(5-11)22-15-7-14(10-2-1-3-20-8-10)23-17(24-15)21-9-16(25)26/h1-8H,9H2,(H,25,26)(H2,21,22,23,24). The molecule has 0 spiro atoms. The van der Waals surface area contributed by atoms with Crippen LogP contribution >= 0.6 is 23.2 Å². The van der Waals surface area contributed by atoms with E-state index in [-0.39, 0.29) is 12.5 Å². The molecule has 9 heteroatoms. The van der Waals surface area contributed by atoms with E-state index >= 15 is 0 Å². The number of benzene rings is 1. The second-order valence-electron chi connectivity index (χ2n) is 5.23. The summed E-state index contributed by atoms with van der Waals surface area (Å²) in [6.07, 6.45) is 3.31. The van der Waals surface area contributed by atoms with E-state index in [0.29, 0.717) is 27.2 Å². The zero-order valence-electron chi connectivity index (χ0n) is 13.3. The van der Waals surface area contributed by atoms with Crippen LogP contribution in [0.15, 0.2) is 48.8 Å². The molecule has 3 aromatic rings. The Morgan fingerprint density at radius 2 is 1.88 bits per heavy atom. The number of carboxylic acids is 1. The maximum Gasteiger partial charge on any atom is 0.322 e. The van der Waals surface area contributed by atoms with Gasteiger partial charge >= 0.3 is 5.97 Å². The number of hydrogen-bond acceptors (Lipinski definition) is 6. The minimum atomic E-state index is -1.02. The molecule has 0 aliphatic rings. The number of aromatic nitrogens is 3. The molecule has 0 amide bonds.